The van der Waals surface area contributed by atoms with Crippen molar-refractivity contribution in [3.63, 3.8) is 0 Å². The Hall–Kier alpha value is -2.19. The molecule has 1 aliphatic heterocycles. The molecular weight excluding hydrogens is 367 g/mol. The van der Waals surface area contributed by atoms with Crippen LogP contribution < -0.4 is 14.9 Å². The van der Waals surface area contributed by atoms with Crippen LogP contribution in [0.5, 0.6) is 0 Å². The van der Waals surface area contributed by atoms with Crippen LogP contribution >= 0.6 is 0 Å². The van der Waals surface area contributed by atoms with Gasteiger partial charge in [0.1, 0.15) is 5.82 Å². The van der Waals surface area contributed by atoms with Crippen LogP contribution in [0.25, 0.3) is 0 Å². The summed E-state index contributed by atoms with van der Waals surface area (Å²) in [5.74, 6) is 0.597. The van der Waals surface area contributed by atoms with Gasteiger partial charge in [-0.05, 0) is 36.8 Å². The molecule has 0 radical (unpaired) electrons. The Kier molecular flexibility index (Phi) is 5.96. The molecule has 1 atom stereocenters. The summed E-state index contributed by atoms with van der Waals surface area (Å²) in [6.45, 7) is 6.64. The number of hydrogen-bond donors (Lipinski definition) is 2. The Bertz CT molecular complexity index is 881. The smallest absolute Gasteiger partial charge is 0.261 e. The van der Waals surface area contributed by atoms with Gasteiger partial charge in [-0.1, -0.05) is 19.1 Å². The van der Waals surface area contributed by atoms with Gasteiger partial charge in [0, 0.05) is 32.1 Å². The Labute approximate surface area is 159 Å². The number of anilines is 2. The van der Waals surface area contributed by atoms with E-state index in [9.17, 15) is 12.8 Å². The zero-order chi connectivity index (χ0) is 19.4. The fourth-order valence-electron chi connectivity index (χ4n) is 2.99. The summed E-state index contributed by atoms with van der Waals surface area (Å²) in [6, 6.07) is 9.89. The van der Waals surface area contributed by atoms with Crippen molar-refractivity contribution in [1.29, 1.82) is 0 Å². The van der Waals surface area contributed by atoms with Crippen LogP contribution in [0, 0.1) is 6.92 Å². The van der Waals surface area contributed by atoms with E-state index in [-0.39, 0.29) is 10.8 Å². The van der Waals surface area contributed by atoms with E-state index in [1.165, 1.54) is 12.1 Å². The monoisotopic (exact) mass is 392 g/mol. The van der Waals surface area contributed by atoms with Crippen LogP contribution in [-0.2, 0) is 10.0 Å². The minimum absolute atomic E-state index is 0.142. The second-order valence-corrected chi connectivity index (χ2v) is 8.45. The number of halogens is 1. The number of pyridine rings is 1. The highest BCUT2D eigenvalue weighted by Gasteiger charge is 2.18. The van der Waals surface area contributed by atoms with Gasteiger partial charge in [0.05, 0.1) is 23.0 Å². The van der Waals surface area contributed by atoms with Gasteiger partial charge >= 0.3 is 0 Å². The third-order valence-corrected chi connectivity index (χ3v) is 6.13. The quantitative estimate of drug-likeness (QED) is 0.791. The van der Waals surface area contributed by atoms with Crippen LogP contribution in [-0.4, -0.2) is 46.3 Å². The molecule has 1 fully saturated rings. The van der Waals surface area contributed by atoms with Gasteiger partial charge < -0.3 is 10.2 Å². The molecule has 146 valence electrons. The van der Waals surface area contributed by atoms with Crippen molar-refractivity contribution in [2.24, 2.45) is 0 Å². The van der Waals surface area contributed by atoms with Crippen molar-refractivity contribution in [3.8, 4) is 0 Å². The van der Waals surface area contributed by atoms with Crippen molar-refractivity contribution in [3.05, 3.63) is 47.7 Å². The number of alkyl halides is 1. The minimum Gasteiger partial charge on any atom is -0.354 e. The van der Waals surface area contributed by atoms with Crippen LogP contribution in [0.1, 0.15) is 24.1 Å². The summed E-state index contributed by atoms with van der Waals surface area (Å²) in [6.07, 6.45) is 0. The minimum atomic E-state index is -3.73. The molecule has 2 heterocycles. The molecule has 1 aromatic carbocycles. The molecule has 8 heteroatoms. The van der Waals surface area contributed by atoms with Crippen molar-refractivity contribution >= 4 is 21.5 Å². The van der Waals surface area contributed by atoms with Gasteiger partial charge in [0.2, 0.25) is 0 Å². The van der Waals surface area contributed by atoms with Crippen molar-refractivity contribution in [2.75, 3.05) is 42.5 Å². The molecule has 0 unspecified atom stereocenters. The van der Waals surface area contributed by atoms with Gasteiger partial charge in [0.25, 0.3) is 10.0 Å². The number of nitrogens with one attached hydrogen (secondary N) is 2. The molecule has 6 nitrogen and oxygen atoms in total. The molecule has 0 aliphatic carbocycles. The first-order chi connectivity index (χ1) is 12.9. The molecule has 2 N–H and O–H groups in total. The SMILES string of the molecule is Cc1nc(N2CCNCC2)ccc1NS(=O)(=O)c1ccc([C@H](C)CF)cc1. The molecule has 1 aromatic heterocycles. The maximum Gasteiger partial charge on any atom is 0.261 e. The highest BCUT2D eigenvalue weighted by atomic mass is 32.2. The Morgan fingerprint density at radius 2 is 1.85 bits per heavy atom. The molecule has 1 aliphatic rings. The maximum absolute atomic E-state index is 12.8. The Morgan fingerprint density at radius 1 is 1.19 bits per heavy atom. The molecule has 2 aromatic rings. The average Bonchev–Trinajstić information content (AvgIpc) is 2.69. The first-order valence-electron chi connectivity index (χ1n) is 9.03. The molecule has 0 saturated carbocycles. The second kappa shape index (κ2) is 8.22. The van der Waals surface area contributed by atoms with Gasteiger partial charge in [-0.2, -0.15) is 0 Å². The fourth-order valence-corrected chi connectivity index (χ4v) is 4.11. The van der Waals surface area contributed by atoms with E-state index in [1.807, 2.05) is 6.07 Å². The van der Waals surface area contributed by atoms with Crippen molar-refractivity contribution in [2.45, 2.75) is 24.7 Å². The molecule has 27 heavy (non-hydrogen) atoms. The maximum atomic E-state index is 12.8. The summed E-state index contributed by atoms with van der Waals surface area (Å²) < 4.78 is 40.7. The van der Waals surface area contributed by atoms with Crippen molar-refractivity contribution in [1.82, 2.24) is 10.3 Å². The van der Waals surface area contributed by atoms with Gasteiger partial charge in [-0.3, -0.25) is 9.11 Å². The molecule has 0 bridgehead atoms. The summed E-state index contributed by atoms with van der Waals surface area (Å²) in [5, 5.41) is 3.29. The molecule has 1 saturated heterocycles. The number of benzene rings is 1. The number of aryl methyl sites for hydroxylation is 1. The number of nitrogens with zero attached hydrogens (tertiary/aromatic N) is 2. The normalized spacial score (nSPS) is 16.2. The first kappa shape index (κ1) is 19.6. The van der Waals surface area contributed by atoms with E-state index < -0.39 is 16.7 Å². The second-order valence-electron chi connectivity index (χ2n) is 6.77. The first-order valence-corrected chi connectivity index (χ1v) is 10.5. The highest BCUT2D eigenvalue weighted by Crippen LogP contribution is 2.23. The number of sulfonamides is 1. The van der Waals surface area contributed by atoms with Gasteiger partial charge in [-0.25, -0.2) is 13.4 Å². The van der Waals surface area contributed by atoms with E-state index in [4.69, 9.17) is 0 Å². The van der Waals surface area contributed by atoms with Crippen LogP contribution in [0.3, 0.4) is 0 Å². The van der Waals surface area contributed by atoms with Crippen LogP contribution in [0.4, 0.5) is 15.9 Å². The fraction of sp³-hybridized carbons (Fsp3) is 0.421. The molecule has 0 amide bonds. The third kappa shape index (κ3) is 4.56. The topological polar surface area (TPSA) is 74.3 Å². The Morgan fingerprint density at radius 3 is 2.44 bits per heavy atom. The lowest BCUT2D eigenvalue weighted by molar-refractivity contribution is 0.447. The summed E-state index contributed by atoms with van der Waals surface area (Å²) >= 11 is 0. The zero-order valence-electron chi connectivity index (χ0n) is 15.6. The standard InChI is InChI=1S/C19H25FN4O2S/c1-14(13-20)16-3-5-17(6-4-16)27(25,26)23-18-7-8-19(22-15(18)2)24-11-9-21-10-12-24/h3-8,14,21,23H,9-13H2,1-2H3/t14-/m1/s1. The number of rotatable bonds is 6. The average molecular weight is 393 g/mol. The largest absolute Gasteiger partial charge is 0.354 e. The van der Waals surface area contributed by atoms with E-state index in [0.717, 1.165) is 37.6 Å². The van der Waals surface area contributed by atoms with Crippen LogP contribution in [0.15, 0.2) is 41.3 Å². The number of piperazine rings is 1. The number of aromatic nitrogens is 1. The lowest BCUT2D eigenvalue weighted by Crippen LogP contribution is -2.43. The Balaban J connectivity index is 1.77. The van der Waals surface area contributed by atoms with E-state index >= 15 is 0 Å². The number of hydrogen-bond acceptors (Lipinski definition) is 5. The summed E-state index contributed by atoms with van der Waals surface area (Å²) in [5.41, 5.74) is 1.85. The summed E-state index contributed by atoms with van der Waals surface area (Å²) in [4.78, 5) is 6.87. The molecule has 3 rings (SSSR count). The van der Waals surface area contributed by atoms with Crippen molar-refractivity contribution < 1.29 is 12.8 Å². The van der Waals surface area contributed by atoms with Crippen LogP contribution in [0.2, 0.25) is 0 Å². The predicted molar refractivity (Wildman–Crippen MR) is 106 cm³/mol. The van der Waals surface area contributed by atoms with E-state index in [2.05, 4.69) is 19.9 Å². The molecular formula is C19H25FN4O2S. The molecule has 0 spiro atoms. The van der Waals surface area contributed by atoms with E-state index in [1.54, 1.807) is 32.0 Å². The predicted octanol–water partition coefficient (Wildman–Crippen LogP) is 2.67. The third-order valence-electron chi connectivity index (χ3n) is 4.75. The summed E-state index contributed by atoms with van der Waals surface area (Å²) in [7, 11) is -3.73. The van der Waals surface area contributed by atoms with E-state index in [0.29, 0.717) is 11.4 Å². The van der Waals surface area contributed by atoms with Gasteiger partial charge in [-0.15, -0.1) is 0 Å². The van der Waals surface area contributed by atoms with Gasteiger partial charge in [0.15, 0.2) is 0 Å². The zero-order valence-corrected chi connectivity index (χ0v) is 16.4. The highest BCUT2D eigenvalue weighted by molar-refractivity contribution is 7.92. The lowest BCUT2D eigenvalue weighted by Gasteiger charge is -2.28. The lowest BCUT2D eigenvalue weighted by atomic mass is 10.0.